The van der Waals surface area contributed by atoms with Crippen molar-refractivity contribution in [3.05, 3.63) is 134 Å². The van der Waals surface area contributed by atoms with E-state index < -0.39 is 49.5 Å². The van der Waals surface area contributed by atoms with Crippen LogP contribution >= 0.6 is 0 Å². The predicted molar refractivity (Wildman–Crippen MR) is 414 cm³/mol. The van der Waals surface area contributed by atoms with Gasteiger partial charge in [-0.15, -0.1) is 0 Å². The molecule has 0 aromatic heterocycles. The number of unbranched alkanes of at least 4 members (excludes halogenated alkanes) is 40. The second-order valence-electron chi connectivity index (χ2n) is 27.5. The minimum atomic E-state index is -1.58. The maximum atomic E-state index is 13.2. The van der Waals surface area contributed by atoms with Crippen molar-refractivity contribution in [3.8, 4) is 0 Å². The van der Waals surface area contributed by atoms with Crippen LogP contribution in [-0.2, 0) is 14.3 Å². The van der Waals surface area contributed by atoms with Crippen LogP contribution in [0.2, 0.25) is 0 Å². The molecule has 1 fully saturated rings. The standard InChI is InChI=1S/C87H151NO8/c1-3-5-7-9-11-13-15-17-19-21-23-25-27-29-31-33-35-37-38-39-40-41-42-43-44-45-47-49-51-53-55-57-59-61-63-65-67-69-71-73-75-77-83(91)88-80(79-95-87-86(94)85(93)84(92)82(78-89)96-87)81(90)76-74-72-70-68-66-64-62-60-58-56-54-52-50-48-46-36-34-32-30-28-26-24-22-20-18-16-14-12-10-8-6-4-2/h5,7,11,13,17,19,23,25,29,31,35,37,39-40,42-43,45,47,66,68,74,76,80-82,84-87,89-90,92-94H,3-4,6,8-10,12,14-16,18,20-22,24,26-28,30,32-34,36,38,41,44,46,48-65,67,69-73,75,77-79H2,1-2H3,(H,88,91)/b7-5-,13-11-,19-17-,25-23-,31-29-,37-35-,40-39-,43-42-,47-45-,68-66+,76-74+. The van der Waals surface area contributed by atoms with Crippen molar-refractivity contribution in [2.75, 3.05) is 13.2 Å². The summed E-state index contributed by atoms with van der Waals surface area (Å²) in [7, 11) is 0. The first-order valence-electron chi connectivity index (χ1n) is 40.4. The highest BCUT2D eigenvalue weighted by Gasteiger charge is 2.44. The van der Waals surface area contributed by atoms with Gasteiger partial charge in [-0.3, -0.25) is 4.79 Å². The Bertz CT molecular complexity index is 1990. The third kappa shape index (κ3) is 61.4. The Balaban J connectivity index is 2.11. The molecule has 0 radical (unpaired) electrons. The molecule has 1 aliphatic rings. The van der Waals surface area contributed by atoms with E-state index in [1.807, 2.05) is 6.08 Å². The molecule has 0 spiro atoms. The van der Waals surface area contributed by atoms with Crippen LogP contribution in [0.1, 0.15) is 354 Å². The number of amides is 1. The van der Waals surface area contributed by atoms with E-state index in [9.17, 15) is 30.3 Å². The molecule has 9 nitrogen and oxygen atoms in total. The van der Waals surface area contributed by atoms with Crippen LogP contribution in [0.15, 0.2) is 134 Å². The third-order valence-corrected chi connectivity index (χ3v) is 18.5. The minimum Gasteiger partial charge on any atom is -0.394 e. The quantitative estimate of drug-likeness (QED) is 0.0261. The number of carbonyl (C=O) groups excluding carboxylic acids is 1. The number of hydrogen-bond donors (Lipinski definition) is 6. The zero-order chi connectivity index (χ0) is 69.2. The van der Waals surface area contributed by atoms with Gasteiger partial charge in [0, 0.05) is 6.42 Å². The monoisotopic (exact) mass is 1340 g/mol. The highest BCUT2D eigenvalue weighted by Crippen LogP contribution is 2.23. The second kappa shape index (κ2) is 74.0. The number of ether oxygens (including phenoxy) is 2. The Morgan fingerprint density at radius 1 is 0.365 bits per heavy atom. The molecule has 9 heteroatoms. The zero-order valence-electron chi connectivity index (χ0n) is 62.1. The van der Waals surface area contributed by atoms with Crippen molar-refractivity contribution in [1.82, 2.24) is 5.32 Å². The molecule has 1 rings (SSSR count). The molecule has 0 aromatic carbocycles. The van der Waals surface area contributed by atoms with Crippen LogP contribution < -0.4 is 5.32 Å². The van der Waals surface area contributed by atoms with E-state index >= 15 is 0 Å². The van der Waals surface area contributed by atoms with E-state index in [0.29, 0.717) is 6.42 Å². The summed E-state index contributed by atoms with van der Waals surface area (Å²) in [5, 5.41) is 54.9. The van der Waals surface area contributed by atoms with E-state index in [0.717, 1.165) is 96.3 Å². The molecule has 0 aromatic rings. The van der Waals surface area contributed by atoms with E-state index in [1.54, 1.807) is 6.08 Å². The fraction of sp³-hybridized carbons (Fsp3) is 0.736. The first kappa shape index (κ1) is 90.3. The van der Waals surface area contributed by atoms with Crippen LogP contribution in [0.25, 0.3) is 0 Å². The lowest BCUT2D eigenvalue weighted by atomic mass is 9.99. The summed E-state index contributed by atoms with van der Waals surface area (Å²) in [6.45, 7) is 3.68. The molecule has 1 saturated heterocycles. The number of hydrogen-bond acceptors (Lipinski definition) is 8. The van der Waals surface area contributed by atoms with E-state index in [-0.39, 0.29) is 12.5 Å². The normalized spacial score (nSPS) is 18.2. The molecule has 552 valence electrons. The van der Waals surface area contributed by atoms with Gasteiger partial charge in [0.1, 0.15) is 24.4 Å². The van der Waals surface area contributed by atoms with Crippen LogP contribution in [0, 0.1) is 0 Å². The molecular formula is C87H151NO8. The molecule has 7 unspecified atom stereocenters. The fourth-order valence-corrected chi connectivity index (χ4v) is 12.2. The molecule has 1 heterocycles. The Hall–Kier alpha value is -3.67. The molecule has 6 N–H and O–H groups in total. The highest BCUT2D eigenvalue weighted by atomic mass is 16.7. The van der Waals surface area contributed by atoms with Gasteiger partial charge < -0.3 is 40.3 Å². The van der Waals surface area contributed by atoms with Crippen LogP contribution in [0.5, 0.6) is 0 Å². The van der Waals surface area contributed by atoms with E-state index in [1.165, 1.54) is 238 Å². The lowest BCUT2D eigenvalue weighted by Gasteiger charge is -2.40. The van der Waals surface area contributed by atoms with Crippen molar-refractivity contribution in [2.45, 2.75) is 397 Å². The minimum absolute atomic E-state index is 0.188. The lowest BCUT2D eigenvalue weighted by Crippen LogP contribution is -2.60. The molecule has 7 atom stereocenters. The van der Waals surface area contributed by atoms with Gasteiger partial charge in [-0.05, 0) is 103 Å². The number of aliphatic hydroxyl groups is 5. The first-order valence-corrected chi connectivity index (χ1v) is 40.4. The van der Waals surface area contributed by atoms with Gasteiger partial charge >= 0.3 is 0 Å². The van der Waals surface area contributed by atoms with E-state index in [4.69, 9.17) is 9.47 Å². The predicted octanol–water partition coefficient (Wildman–Crippen LogP) is 23.5. The van der Waals surface area contributed by atoms with E-state index in [2.05, 4.69) is 141 Å². The van der Waals surface area contributed by atoms with Crippen LogP contribution in [-0.4, -0.2) is 87.5 Å². The van der Waals surface area contributed by atoms with Crippen molar-refractivity contribution >= 4 is 5.91 Å². The van der Waals surface area contributed by atoms with Gasteiger partial charge in [-0.1, -0.05) is 379 Å². The van der Waals surface area contributed by atoms with Crippen molar-refractivity contribution in [3.63, 3.8) is 0 Å². The van der Waals surface area contributed by atoms with Gasteiger partial charge in [0.15, 0.2) is 6.29 Å². The molecule has 0 saturated carbocycles. The molecule has 1 aliphatic heterocycles. The smallest absolute Gasteiger partial charge is 0.220 e. The summed E-state index contributed by atoms with van der Waals surface area (Å²) in [4.78, 5) is 13.2. The number of allylic oxidation sites excluding steroid dienone is 21. The summed E-state index contributed by atoms with van der Waals surface area (Å²) in [5.41, 5.74) is 0. The summed E-state index contributed by atoms with van der Waals surface area (Å²) < 4.78 is 11.3. The summed E-state index contributed by atoms with van der Waals surface area (Å²) in [6, 6.07) is -0.833. The maximum absolute atomic E-state index is 13.2. The number of aliphatic hydroxyl groups excluding tert-OH is 5. The molecular weight excluding hydrogens is 1190 g/mol. The van der Waals surface area contributed by atoms with Crippen molar-refractivity contribution in [2.24, 2.45) is 0 Å². The van der Waals surface area contributed by atoms with Gasteiger partial charge in [0.2, 0.25) is 5.91 Å². The highest BCUT2D eigenvalue weighted by molar-refractivity contribution is 5.76. The maximum Gasteiger partial charge on any atom is 0.220 e. The third-order valence-electron chi connectivity index (χ3n) is 18.5. The SMILES string of the molecule is CC/C=C\C/C=C\C/C=C\C/C=C\C/C=C\C/C=C\C/C=C\C/C=C\C/C=C\CCCCCCCCCCCCCCCC(=O)NC(COC1OC(CO)C(O)C(O)C1O)C(O)/C=C/CC/C=C/CCCCCCCCCCCCCCCCCCCCCCCCCCCC. The van der Waals surface area contributed by atoms with Crippen molar-refractivity contribution in [1.29, 1.82) is 0 Å². The second-order valence-corrected chi connectivity index (χ2v) is 27.5. The fourth-order valence-electron chi connectivity index (χ4n) is 12.2. The number of carbonyl (C=O) groups is 1. The van der Waals surface area contributed by atoms with Gasteiger partial charge in [-0.25, -0.2) is 0 Å². The molecule has 96 heavy (non-hydrogen) atoms. The average Bonchev–Trinajstić information content (AvgIpc) is 0.840. The topological polar surface area (TPSA) is 149 Å². The van der Waals surface area contributed by atoms with Gasteiger partial charge in [-0.2, -0.15) is 0 Å². The lowest BCUT2D eigenvalue weighted by molar-refractivity contribution is -0.302. The Morgan fingerprint density at radius 3 is 1.00 bits per heavy atom. The van der Waals surface area contributed by atoms with Gasteiger partial charge in [0.05, 0.1) is 25.4 Å². The van der Waals surface area contributed by atoms with Gasteiger partial charge in [0.25, 0.3) is 0 Å². The Labute approximate surface area is 591 Å². The summed E-state index contributed by atoms with van der Waals surface area (Å²) >= 11 is 0. The van der Waals surface area contributed by atoms with Crippen molar-refractivity contribution < 1.29 is 39.8 Å². The number of nitrogens with one attached hydrogen (secondary N) is 1. The number of rotatable bonds is 70. The zero-order valence-corrected chi connectivity index (χ0v) is 62.1. The summed E-state index contributed by atoms with van der Waals surface area (Å²) in [5.74, 6) is -0.188. The molecule has 0 aliphatic carbocycles. The summed E-state index contributed by atoms with van der Waals surface area (Å²) in [6.07, 6.45) is 106. The molecule has 1 amide bonds. The largest absolute Gasteiger partial charge is 0.394 e. The Kier molecular flexibility index (Phi) is 69.7. The average molecular weight is 1340 g/mol. The molecule has 0 bridgehead atoms. The first-order chi connectivity index (χ1) is 47.3. The van der Waals surface area contributed by atoms with Crippen LogP contribution in [0.3, 0.4) is 0 Å². The Morgan fingerprint density at radius 2 is 0.656 bits per heavy atom. The van der Waals surface area contributed by atoms with Crippen LogP contribution in [0.4, 0.5) is 0 Å².